The van der Waals surface area contributed by atoms with E-state index in [1.807, 2.05) is 13.0 Å². The van der Waals surface area contributed by atoms with Crippen LogP contribution >= 0.6 is 0 Å². The fourth-order valence-electron chi connectivity index (χ4n) is 3.76. The van der Waals surface area contributed by atoms with E-state index in [-0.39, 0.29) is 28.2 Å². The van der Waals surface area contributed by atoms with Crippen molar-refractivity contribution in [3.05, 3.63) is 33.9 Å². The lowest BCUT2D eigenvalue weighted by Gasteiger charge is -2.50. The van der Waals surface area contributed by atoms with Gasteiger partial charge in [-0.2, -0.15) is 0 Å². The average Bonchev–Trinajstić information content (AvgIpc) is 2.99. The van der Waals surface area contributed by atoms with Crippen molar-refractivity contribution in [2.75, 3.05) is 0 Å². The van der Waals surface area contributed by atoms with E-state index in [4.69, 9.17) is 4.74 Å². The third-order valence-corrected chi connectivity index (χ3v) is 5.17. The molecule has 0 aromatic heterocycles. The molecule has 0 amide bonds. The molecule has 2 fully saturated rings. The summed E-state index contributed by atoms with van der Waals surface area (Å²) in [6.07, 6.45) is 5.04. The smallest absolute Gasteiger partial charge is 0.311 e. The first-order valence-corrected chi connectivity index (χ1v) is 7.69. The Morgan fingerprint density at radius 2 is 2.14 bits per heavy atom. The summed E-state index contributed by atoms with van der Waals surface area (Å²) in [5.41, 5.74) is 0.791. The number of benzene rings is 1. The van der Waals surface area contributed by atoms with Crippen LogP contribution in [0.3, 0.4) is 0 Å². The number of aliphatic hydroxyl groups excluding tert-OH is 1. The number of hydrogen-bond acceptors (Lipinski definition) is 4. The average molecular weight is 291 g/mol. The Morgan fingerprint density at radius 1 is 1.43 bits per heavy atom. The molecule has 5 heteroatoms. The van der Waals surface area contributed by atoms with Gasteiger partial charge in [0, 0.05) is 17.9 Å². The van der Waals surface area contributed by atoms with E-state index < -0.39 is 0 Å². The molecule has 2 unspecified atom stereocenters. The molecule has 1 aromatic rings. The molecule has 2 aliphatic rings. The van der Waals surface area contributed by atoms with Gasteiger partial charge in [-0.3, -0.25) is 10.1 Å². The van der Waals surface area contributed by atoms with Crippen LogP contribution < -0.4 is 4.74 Å². The van der Waals surface area contributed by atoms with Crippen LogP contribution in [0.4, 0.5) is 5.69 Å². The third kappa shape index (κ3) is 2.29. The van der Waals surface area contributed by atoms with Gasteiger partial charge in [0.15, 0.2) is 5.75 Å². The molecule has 0 radical (unpaired) electrons. The topological polar surface area (TPSA) is 72.6 Å². The maximum atomic E-state index is 11.2. The lowest BCUT2D eigenvalue weighted by molar-refractivity contribution is -0.386. The summed E-state index contributed by atoms with van der Waals surface area (Å²) in [5.74, 6) is 0.334. The number of aryl methyl sites for hydroxylation is 1. The molecule has 0 bridgehead atoms. The molecule has 0 heterocycles. The SMILES string of the molecule is CCc1ccc(OC2CC(O)C23CCCC3)c([N+](=O)[O-])c1. The van der Waals surface area contributed by atoms with Gasteiger partial charge in [-0.25, -0.2) is 0 Å². The number of rotatable bonds is 4. The van der Waals surface area contributed by atoms with Gasteiger partial charge in [-0.15, -0.1) is 0 Å². The van der Waals surface area contributed by atoms with Gasteiger partial charge >= 0.3 is 5.69 Å². The lowest BCUT2D eigenvalue weighted by atomic mass is 9.62. The number of hydrogen-bond donors (Lipinski definition) is 1. The van der Waals surface area contributed by atoms with Crippen molar-refractivity contribution in [1.82, 2.24) is 0 Å². The Morgan fingerprint density at radius 3 is 2.71 bits per heavy atom. The van der Waals surface area contributed by atoms with Crippen LogP contribution in [0.25, 0.3) is 0 Å². The standard InChI is InChI=1S/C16H21NO4/c1-2-11-5-6-13(12(9-11)17(19)20)21-15-10-14(18)16(15)7-3-4-8-16/h5-6,9,14-15,18H,2-4,7-8,10H2,1H3. The van der Waals surface area contributed by atoms with Gasteiger partial charge in [-0.05, 0) is 30.9 Å². The lowest BCUT2D eigenvalue weighted by Crippen LogP contribution is -2.58. The Hall–Kier alpha value is -1.62. The summed E-state index contributed by atoms with van der Waals surface area (Å²) < 4.78 is 5.95. The molecule has 2 atom stereocenters. The van der Waals surface area contributed by atoms with Crippen molar-refractivity contribution < 1.29 is 14.8 Å². The Balaban J connectivity index is 1.83. The molecule has 1 aromatic carbocycles. The minimum atomic E-state index is -0.384. The van der Waals surface area contributed by atoms with E-state index in [2.05, 4.69) is 0 Å². The van der Waals surface area contributed by atoms with Gasteiger partial charge < -0.3 is 9.84 Å². The zero-order valence-electron chi connectivity index (χ0n) is 12.2. The van der Waals surface area contributed by atoms with Gasteiger partial charge in [0.2, 0.25) is 0 Å². The Kier molecular flexibility index (Phi) is 3.61. The molecule has 5 nitrogen and oxygen atoms in total. The summed E-state index contributed by atoms with van der Waals surface area (Å²) in [6, 6.07) is 5.16. The van der Waals surface area contributed by atoms with Crippen molar-refractivity contribution >= 4 is 5.69 Å². The number of nitrogens with zero attached hydrogens (tertiary/aromatic N) is 1. The van der Waals surface area contributed by atoms with Crippen molar-refractivity contribution in [1.29, 1.82) is 0 Å². The highest BCUT2D eigenvalue weighted by Gasteiger charge is 2.57. The molecule has 2 aliphatic carbocycles. The quantitative estimate of drug-likeness (QED) is 0.683. The van der Waals surface area contributed by atoms with Gasteiger partial charge in [0.05, 0.1) is 11.0 Å². The predicted molar refractivity (Wildman–Crippen MR) is 78.4 cm³/mol. The minimum absolute atomic E-state index is 0.0314. The molecular weight excluding hydrogens is 270 g/mol. The molecule has 0 aliphatic heterocycles. The highest BCUT2D eigenvalue weighted by molar-refractivity contribution is 5.49. The van der Waals surface area contributed by atoms with Crippen molar-refractivity contribution in [2.24, 2.45) is 5.41 Å². The minimum Gasteiger partial charge on any atom is -0.483 e. The zero-order chi connectivity index (χ0) is 15.0. The van der Waals surface area contributed by atoms with Crippen LogP contribution in [0.1, 0.15) is 44.6 Å². The first-order chi connectivity index (χ1) is 10.1. The van der Waals surface area contributed by atoms with Crippen LogP contribution in [0, 0.1) is 15.5 Å². The molecule has 1 N–H and O–H groups in total. The molecule has 1 spiro atoms. The van der Waals surface area contributed by atoms with Crippen LogP contribution in [-0.4, -0.2) is 22.2 Å². The molecule has 3 rings (SSSR count). The number of nitro groups is 1. The zero-order valence-corrected chi connectivity index (χ0v) is 12.2. The van der Waals surface area contributed by atoms with Gasteiger partial charge in [0.1, 0.15) is 6.10 Å². The predicted octanol–water partition coefficient (Wildman–Crippen LogP) is 3.23. The molecule has 2 saturated carbocycles. The Labute approximate surface area is 124 Å². The highest BCUT2D eigenvalue weighted by atomic mass is 16.6. The summed E-state index contributed by atoms with van der Waals surface area (Å²) in [4.78, 5) is 10.8. The first kappa shape index (κ1) is 14.3. The van der Waals surface area contributed by atoms with Crippen LogP contribution in [-0.2, 0) is 6.42 Å². The second-order valence-electron chi connectivity index (χ2n) is 6.21. The summed E-state index contributed by atoms with van der Waals surface area (Å²) in [5, 5.41) is 21.3. The molecular formula is C16H21NO4. The van der Waals surface area contributed by atoms with E-state index in [1.54, 1.807) is 12.1 Å². The van der Waals surface area contributed by atoms with E-state index >= 15 is 0 Å². The molecule has 21 heavy (non-hydrogen) atoms. The van der Waals surface area contributed by atoms with Crippen molar-refractivity contribution in [3.63, 3.8) is 0 Å². The van der Waals surface area contributed by atoms with Gasteiger partial charge in [0.25, 0.3) is 0 Å². The largest absolute Gasteiger partial charge is 0.483 e. The van der Waals surface area contributed by atoms with E-state index in [0.29, 0.717) is 12.2 Å². The fraction of sp³-hybridized carbons (Fsp3) is 0.625. The highest BCUT2D eigenvalue weighted by Crippen LogP contribution is 2.55. The van der Waals surface area contributed by atoms with Crippen LogP contribution in [0.5, 0.6) is 5.75 Å². The van der Waals surface area contributed by atoms with E-state index in [0.717, 1.165) is 37.7 Å². The fourth-order valence-corrected chi connectivity index (χ4v) is 3.76. The number of aliphatic hydroxyl groups is 1. The van der Waals surface area contributed by atoms with E-state index in [1.165, 1.54) is 0 Å². The molecule has 0 saturated heterocycles. The second-order valence-corrected chi connectivity index (χ2v) is 6.21. The van der Waals surface area contributed by atoms with Crippen molar-refractivity contribution in [2.45, 2.75) is 57.7 Å². The third-order valence-electron chi connectivity index (χ3n) is 5.17. The second kappa shape index (κ2) is 5.30. The summed E-state index contributed by atoms with van der Waals surface area (Å²) in [6.45, 7) is 1.97. The summed E-state index contributed by atoms with van der Waals surface area (Å²) in [7, 11) is 0. The number of ether oxygens (including phenoxy) is 1. The Bertz CT molecular complexity index is 551. The summed E-state index contributed by atoms with van der Waals surface area (Å²) >= 11 is 0. The normalized spacial score (nSPS) is 26.6. The number of nitro benzene ring substituents is 1. The maximum Gasteiger partial charge on any atom is 0.311 e. The maximum absolute atomic E-state index is 11.2. The van der Waals surface area contributed by atoms with Gasteiger partial charge in [-0.1, -0.05) is 25.8 Å². The van der Waals surface area contributed by atoms with Crippen molar-refractivity contribution in [3.8, 4) is 5.75 Å². The van der Waals surface area contributed by atoms with Crippen LogP contribution in [0.2, 0.25) is 0 Å². The van der Waals surface area contributed by atoms with Crippen LogP contribution in [0.15, 0.2) is 18.2 Å². The van der Waals surface area contributed by atoms with E-state index in [9.17, 15) is 15.2 Å². The monoisotopic (exact) mass is 291 g/mol. The first-order valence-electron chi connectivity index (χ1n) is 7.69. The molecule has 114 valence electrons.